The fraction of sp³-hybridized carbons (Fsp3) is 0. The number of hydrogen-bond acceptors (Lipinski definition) is 2. The van der Waals surface area contributed by atoms with E-state index in [1.807, 2.05) is 18.2 Å². The number of halogens is 1. The van der Waals surface area contributed by atoms with Crippen molar-refractivity contribution in [3.8, 4) is 0 Å². The Bertz CT molecular complexity index is 481. The Balaban J connectivity index is 0.000000171. The van der Waals surface area contributed by atoms with Gasteiger partial charge in [0.05, 0.1) is 0 Å². The van der Waals surface area contributed by atoms with Crippen molar-refractivity contribution >= 4 is 24.2 Å². The minimum atomic E-state index is 0.597. The van der Waals surface area contributed by atoms with Crippen LogP contribution < -0.4 is 0 Å². The summed E-state index contributed by atoms with van der Waals surface area (Å²) in [5.74, 6) is 0. The summed E-state index contributed by atoms with van der Waals surface area (Å²) >= 11 is 5.56. The Hall–Kier alpha value is -1.93. The van der Waals surface area contributed by atoms with E-state index < -0.39 is 0 Å². The molecule has 17 heavy (non-hydrogen) atoms. The topological polar surface area (TPSA) is 34.1 Å². The first-order valence-corrected chi connectivity index (χ1v) is 5.35. The molecule has 0 N–H and O–H groups in total. The van der Waals surface area contributed by atoms with Gasteiger partial charge < -0.3 is 0 Å². The molecule has 0 saturated heterocycles. The van der Waals surface area contributed by atoms with Crippen LogP contribution in [-0.4, -0.2) is 12.6 Å². The fourth-order valence-electron chi connectivity index (χ4n) is 1.11. The van der Waals surface area contributed by atoms with Crippen molar-refractivity contribution in [2.75, 3.05) is 0 Å². The number of carbonyl (C=O) groups excluding carboxylic acids is 2. The zero-order valence-electron chi connectivity index (χ0n) is 9.05. The second-order valence-corrected chi connectivity index (χ2v) is 3.64. The highest BCUT2D eigenvalue weighted by Crippen LogP contribution is 2.08. The molecule has 0 heterocycles. The van der Waals surface area contributed by atoms with Crippen molar-refractivity contribution in [2.45, 2.75) is 0 Å². The minimum Gasteiger partial charge on any atom is -0.298 e. The second kappa shape index (κ2) is 7.36. The summed E-state index contributed by atoms with van der Waals surface area (Å²) in [6.07, 6.45) is 1.60. The van der Waals surface area contributed by atoms with Crippen LogP contribution >= 0.6 is 11.6 Å². The van der Waals surface area contributed by atoms with Crippen LogP contribution in [0, 0.1) is 0 Å². The fourth-order valence-corrected chi connectivity index (χ4v) is 1.31. The van der Waals surface area contributed by atoms with Crippen molar-refractivity contribution in [2.24, 2.45) is 0 Å². The number of benzene rings is 2. The van der Waals surface area contributed by atoms with E-state index in [4.69, 9.17) is 11.6 Å². The van der Waals surface area contributed by atoms with Gasteiger partial charge in [-0.2, -0.15) is 0 Å². The Kier molecular flexibility index (Phi) is 5.69. The third-order valence-electron chi connectivity index (χ3n) is 1.92. The molecule has 0 radical (unpaired) electrons. The van der Waals surface area contributed by atoms with E-state index in [1.54, 1.807) is 36.4 Å². The predicted molar refractivity (Wildman–Crippen MR) is 68.7 cm³/mol. The summed E-state index contributed by atoms with van der Waals surface area (Å²) < 4.78 is 0. The van der Waals surface area contributed by atoms with Crippen molar-refractivity contribution in [1.29, 1.82) is 0 Å². The largest absolute Gasteiger partial charge is 0.298 e. The van der Waals surface area contributed by atoms with E-state index in [1.165, 1.54) is 0 Å². The summed E-state index contributed by atoms with van der Waals surface area (Å²) in [5, 5.41) is 0.597. The number of hydrogen-bond donors (Lipinski definition) is 0. The van der Waals surface area contributed by atoms with Crippen molar-refractivity contribution in [1.82, 2.24) is 0 Å². The molecule has 0 saturated carbocycles. The van der Waals surface area contributed by atoms with Crippen LogP contribution in [-0.2, 0) is 0 Å². The number of carbonyl (C=O) groups is 2. The lowest BCUT2D eigenvalue weighted by Crippen LogP contribution is -1.75. The second-order valence-electron chi connectivity index (χ2n) is 3.20. The first-order chi connectivity index (χ1) is 8.26. The Morgan fingerprint density at radius 1 is 0.765 bits per heavy atom. The summed E-state index contributed by atoms with van der Waals surface area (Å²) in [6, 6.07) is 15.9. The first kappa shape index (κ1) is 13.1. The normalized spacial score (nSPS) is 8.76. The standard InChI is InChI=1S/C7H5ClO.C7H6O/c8-7-3-1-2-6(4-7)5-9;8-6-7-4-2-1-3-5-7/h1-5H;1-6H. The van der Waals surface area contributed by atoms with E-state index in [0.29, 0.717) is 10.6 Å². The molecule has 0 aliphatic rings. The highest BCUT2D eigenvalue weighted by atomic mass is 35.5. The molecule has 2 aromatic carbocycles. The maximum Gasteiger partial charge on any atom is 0.150 e. The quantitative estimate of drug-likeness (QED) is 0.758. The van der Waals surface area contributed by atoms with Crippen molar-refractivity contribution < 1.29 is 9.59 Å². The summed E-state index contributed by atoms with van der Waals surface area (Å²) in [7, 11) is 0. The molecule has 0 bridgehead atoms. The average Bonchev–Trinajstić information content (AvgIpc) is 2.40. The summed E-state index contributed by atoms with van der Waals surface area (Å²) in [5.41, 5.74) is 1.34. The molecule has 2 rings (SSSR count). The molecule has 0 aliphatic heterocycles. The number of aldehydes is 2. The lowest BCUT2D eigenvalue weighted by atomic mass is 10.2. The third kappa shape index (κ3) is 5.09. The molecule has 2 nitrogen and oxygen atoms in total. The first-order valence-electron chi connectivity index (χ1n) is 4.97. The van der Waals surface area contributed by atoms with Gasteiger partial charge in [0.1, 0.15) is 12.6 Å². The summed E-state index contributed by atoms with van der Waals surface area (Å²) in [4.78, 5) is 20.1. The van der Waals surface area contributed by atoms with Gasteiger partial charge in [-0.1, -0.05) is 54.1 Å². The van der Waals surface area contributed by atoms with Crippen LogP contribution in [0.5, 0.6) is 0 Å². The molecule has 0 atom stereocenters. The van der Waals surface area contributed by atoms with Crippen molar-refractivity contribution in [3.63, 3.8) is 0 Å². The Labute approximate surface area is 105 Å². The van der Waals surface area contributed by atoms with Crippen LogP contribution in [0.15, 0.2) is 54.6 Å². The van der Waals surface area contributed by atoms with E-state index in [-0.39, 0.29) is 0 Å². The third-order valence-corrected chi connectivity index (χ3v) is 2.16. The zero-order valence-corrected chi connectivity index (χ0v) is 9.80. The summed E-state index contributed by atoms with van der Waals surface area (Å²) in [6.45, 7) is 0. The molecular weight excluding hydrogens is 236 g/mol. The highest BCUT2D eigenvalue weighted by molar-refractivity contribution is 6.30. The Morgan fingerprint density at radius 2 is 1.35 bits per heavy atom. The number of rotatable bonds is 2. The van der Waals surface area contributed by atoms with Gasteiger partial charge in [0.25, 0.3) is 0 Å². The Morgan fingerprint density at radius 3 is 1.76 bits per heavy atom. The van der Waals surface area contributed by atoms with E-state index in [0.717, 1.165) is 18.1 Å². The van der Waals surface area contributed by atoms with Gasteiger partial charge in [-0.05, 0) is 12.1 Å². The van der Waals surface area contributed by atoms with E-state index in [9.17, 15) is 9.59 Å². The van der Waals surface area contributed by atoms with Crippen LogP contribution in [0.1, 0.15) is 20.7 Å². The molecule has 0 spiro atoms. The van der Waals surface area contributed by atoms with E-state index in [2.05, 4.69) is 0 Å². The van der Waals surface area contributed by atoms with Crippen LogP contribution in [0.25, 0.3) is 0 Å². The van der Waals surface area contributed by atoms with E-state index >= 15 is 0 Å². The zero-order chi connectivity index (χ0) is 12.5. The molecule has 0 aromatic heterocycles. The monoisotopic (exact) mass is 246 g/mol. The molecule has 3 heteroatoms. The van der Waals surface area contributed by atoms with Gasteiger partial charge in [-0.3, -0.25) is 9.59 Å². The molecule has 0 fully saturated rings. The maximum absolute atomic E-state index is 10.1. The highest BCUT2D eigenvalue weighted by Gasteiger charge is 1.88. The van der Waals surface area contributed by atoms with Gasteiger partial charge in [0.2, 0.25) is 0 Å². The van der Waals surface area contributed by atoms with Crippen LogP contribution in [0.4, 0.5) is 0 Å². The average molecular weight is 247 g/mol. The molecule has 0 unspecified atom stereocenters. The molecule has 2 aromatic rings. The van der Waals surface area contributed by atoms with Crippen molar-refractivity contribution in [3.05, 3.63) is 70.7 Å². The van der Waals surface area contributed by atoms with Crippen LogP contribution in [0.2, 0.25) is 5.02 Å². The lowest BCUT2D eigenvalue weighted by Gasteiger charge is -1.88. The SMILES string of the molecule is O=Cc1cccc(Cl)c1.O=Cc1ccccc1. The van der Waals surface area contributed by atoms with Crippen LogP contribution in [0.3, 0.4) is 0 Å². The molecule has 86 valence electrons. The lowest BCUT2D eigenvalue weighted by molar-refractivity contribution is 0.111. The molecular formula is C14H11ClO2. The molecule has 0 amide bonds. The van der Waals surface area contributed by atoms with Gasteiger partial charge in [-0.15, -0.1) is 0 Å². The van der Waals surface area contributed by atoms with Gasteiger partial charge >= 0.3 is 0 Å². The smallest absolute Gasteiger partial charge is 0.150 e. The van der Waals surface area contributed by atoms with Gasteiger partial charge in [-0.25, -0.2) is 0 Å². The molecule has 0 aliphatic carbocycles. The maximum atomic E-state index is 10.1. The van der Waals surface area contributed by atoms with Gasteiger partial charge in [0.15, 0.2) is 0 Å². The predicted octanol–water partition coefficient (Wildman–Crippen LogP) is 3.65. The van der Waals surface area contributed by atoms with Gasteiger partial charge in [0, 0.05) is 16.1 Å². The minimum absolute atomic E-state index is 0.597.